The van der Waals surface area contributed by atoms with Gasteiger partial charge in [0.2, 0.25) is 0 Å². The van der Waals surface area contributed by atoms with Gasteiger partial charge in [-0.3, -0.25) is 0 Å². The molecular formula is C13H15N5O. The number of aryl methyl sites for hydroxylation is 1. The molecule has 0 bridgehead atoms. The molecule has 1 aliphatic heterocycles. The number of ether oxygens (including phenoxy) is 1. The largest absolute Gasteiger partial charge is 0.368 e. The zero-order chi connectivity index (χ0) is 13.1. The lowest BCUT2D eigenvalue weighted by Gasteiger charge is -2.33. The van der Waals surface area contributed by atoms with Crippen molar-refractivity contribution in [2.45, 2.75) is 13.0 Å². The summed E-state index contributed by atoms with van der Waals surface area (Å²) in [5.41, 5.74) is 1.88. The van der Waals surface area contributed by atoms with Crippen molar-refractivity contribution in [1.29, 1.82) is 0 Å². The SMILES string of the molecule is Cc1cc(N2CCO[C@H](c3ccncn3)C2)ncn1. The number of anilines is 1. The van der Waals surface area contributed by atoms with Crippen LogP contribution in [0.25, 0.3) is 0 Å². The number of morpholine rings is 1. The van der Waals surface area contributed by atoms with Gasteiger partial charge in [0.25, 0.3) is 0 Å². The fourth-order valence-corrected chi connectivity index (χ4v) is 2.14. The normalized spacial score (nSPS) is 19.4. The summed E-state index contributed by atoms with van der Waals surface area (Å²) in [5.74, 6) is 0.940. The quantitative estimate of drug-likeness (QED) is 0.804. The summed E-state index contributed by atoms with van der Waals surface area (Å²) in [6.07, 6.45) is 4.85. The van der Waals surface area contributed by atoms with Gasteiger partial charge in [0.1, 0.15) is 24.6 Å². The van der Waals surface area contributed by atoms with Crippen LogP contribution in [0.15, 0.2) is 31.0 Å². The molecule has 2 aromatic rings. The summed E-state index contributed by atoms with van der Waals surface area (Å²) >= 11 is 0. The first kappa shape index (κ1) is 12.0. The zero-order valence-electron chi connectivity index (χ0n) is 10.7. The summed E-state index contributed by atoms with van der Waals surface area (Å²) in [7, 11) is 0. The Morgan fingerprint density at radius 1 is 1.26 bits per heavy atom. The Morgan fingerprint density at radius 3 is 3.00 bits per heavy atom. The highest BCUT2D eigenvalue weighted by atomic mass is 16.5. The van der Waals surface area contributed by atoms with Crippen LogP contribution in [0.1, 0.15) is 17.5 Å². The second-order valence-corrected chi connectivity index (χ2v) is 4.46. The third kappa shape index (κ3) is 2.68. The Labute approximate surface area is 111 Å². The molecule has 3 heterocycles. The van der Waals surface area contributed by atoms with E-state index in [1.54, 1.807) is 18.9 Å². The fraction of sp³-hybridized carbons (Fsp3) is 0.385. The van der Waals surface area contributed by atoms with E-state index in [2.05, 4.69) is 24.8 Å². The molecule has 0 amide bonds. The average molecular weight is 257 g/mol. The van der Waals surface area contributed by atoms with Crippen LogP contribution in [0, 0.1) is 6.92 Å². The molecular weight excluding hydrogens is 242 g/mol. The van der Waals surface area contributed by atoms with Gasteiger partial charge >= 0.3 is 0 Å². The van der Waals surface area contributed by atoms with Gasteiger partial charge in [0, 0.05) is 24.5 Å². The molecule has 0 aliphatic carbocycles. The molecule has 0 unspecified atom stereocenters. The second-order valence-electron chi connectivity index (χ2n) is 4.46. The Balaban J connectivity index is 1.78. The molecule has 3 rings (SSSR count). The van der Waals surface area contributed by atoms with Crippen molar-refractivity contribution in [2.75, 3.05) is 24.6 Å². The van der Waals surface area contributed by atoms with Crippen molar-refractivity contribution in [3.05, 3.63) is 42.4 Å². The second kappa shape index (κ2) is 5.27. The van der Waals surface area contributed by atoms with Crippen molar-refractivity contribution >= 4 is 5.82 Å². The van der Waals surface area contributed by atoms with E-state index in [9.17, 15) is 0 Å². The van der Waals surface area contributed by atoms with Crippen LogP contribution in [0.4, 0.5) is 5.82 Å². The van der Waals surface area contributed by atoms with E-state index in [0.29, 0.717) is 6.61 Å². The summed E-state index contributed by atoms with van der Waals surface area (Å²) in [5, 5.41) is 0. The molecule has 19 heavy (non-hydrogen) atoms. The van der Waals surface area contributed by atoms with E-state index < -0.39 is 0 Å². The number of rotatable bonds is 2. The van der Waals surface area contributed by atoms with E-state index in [-0.39, 0.29) is 6.10 Å². The first-order chi connectivity index (χ1) is 9.33. The van der Waals surface area contributed by atoms with Gasteiger partial charge in [-0.1, -0.05) is 0 Å². The summed E-state index contributed by atoms with van der Waals surface area (Å²) in [4.78, 5) is 18.8. The molecule has 0 spiro atoms. The van der Waals surface area contributed by atoms with E-state index >= 15 is 0 Å². The minimum atomic E-state index is -0.0352. The van der Waals surface area contributed by atoms with Crippen LogP contribution < -0.4 is 4.90 Å². The van der Waals surface area contributed by atoms with Crippen molar-refractivity contribution in [1.82, 2.24) is 19.9 Å². The minimum absolute atomic E-state index is 0.0352. The molecule has 6 heteroatoms. The molecule has 0 N–H and O–H groups in total. The maximum Gasteiger partial charge on any atom is 0.132 e. The van der Waals surface area contributed by atoms with Crippen LogP contribution in [0.2, 0.25) is 0 Å². The molecule has 98 valence electrons. The number of aromatic nitrogens is 4. The van der Waals surface area contributed by atoms with E-state index in [4.69, 9.17) is 4.74 Å². The van der Waals surface area contributed by atoms with Gasteiger partial charge in [-0.05, 0) is 13.0 Å². The smallest absolute Gasteiger partial charge is 0.132 e. The standard InChI is InChI=1S/C13H15N5O/c1-10-6-13(17-9-15-10)18-4-5-19-12(7-18)11-2-3-14-8-16-11/h2-3,6,8-9,12H,4-5,7H2,1H3/t12-/m0/s1. The van der Waals surface area contributed by atoms with Crippen LogP contribution in [0.3, 0.4) is 0 Å². The Hall–Kier alpha value is -2.08. The van der Waals surface area contributed by atoms with E-state index in [1.165, 1.54) is 0 Å². The summed E-state index contributed by atoms with van der Waals surface area (Å²) < 4.78 is 5.77. The molecule has 2 aromatic heterocycles. The van der Waals surface area contributed by atoms with Gasteiger partial charge in [0.05, 0.1) is 18.8 Å². The Morgan fingerprint density at radius 2 is 2.21 bits per heavy atom. The fourth-order valence-electron chi connectivity index (χ4n) is 2.14. The number of nitrogens with zero attached hydrogens (tertiary/aromatic N) is 5. The molecule has 0 saturated carbocycles. The van der Waals surface area contributed by atoms with Crippen LogP contribution in [0.5, 0.6) is 0 Å². The van der Waals surface area contributed by atoms with Crippen molar-refractivity contribution in [3.63, 3.8) is 0 Å². The van der Waals surface area contributed by atoms with Crippen molar-refractivity contribution in [2.24, 2.45) is 0 Å². The molecule has 0 aromatic carbocycles. The molecule has 6 nitrogen and oxygen atoms in total. The highest BCUT2D eigenvalue weighted by Crippen LogP contribution is 2.23. The van der Waals surface area contributed by atoms with Crippen LogP contribution >= 0.6 is 0 Å². The average Bonchev–Trinajstić information content (AvgIpc) is 2.48. The van der Waals surface area contributed by atoms with Gasteiger partial charge in [-0.2, -0.15) is 0 Å². The summed E-state index contributed by atoms with van der Waals surface area (Å²) in [6.45, 7) is 4.21. The van der Waals surface area contributed by atoms with Crippen molar-refractivity contribution in [3.8, 4) is 0 Å². The third-order valence-corrected chi connectivity index (χ3v) is 3.11. The predicted octanol–water partition coefficient (Wildman–Crippen LogP) is 1.15. The lowest BCUT2D eigenvalue weighted by Crippen LogP contribution is -2.39. The maximum absolute atomic E-state index is 5.77. The Kier molecular flexibility index (Phi) is 3.33. The summed E-state index contributed by atoms with van der Waals surface area (Å²) in [6, 6.07) is 3.88. The number of hydrogen-bond donors (Lipinski definition) is 0. The van der Waals surface area contributed by atoms with Gasteiger partial charge in [-0.25, -0.2) is 19.9 Å². The molecule has 1 fully saturated rings. The molecule has 1 saturated heterocycles. The van der Waals surface area contributed by atoms with Crippen LogP contribution in [-0.2, 0) is 4.74 Å². The third-order valence-electron chi connectivity index (χ3n) is 3.11. The Bertz CT molecular complexity index is 548. The van der Waals surface area contributed by atoms with Gasteiger partial charge in [0.15, 0.2) is 0 Å². The van der Waals surface area contributed by atoms with Gasteiger partial charge < -0.3 is 9.64 Å². The number of hydrogen-bond acceptors (Lipinski definition) is 6. The zero-order valence-corrected chi connectivity index (χ0v) is 10.7. The maximum atomic E-state index is 5.77. The van der Waals surface area contributed by atoms with Gasteiger partial charge in [-0.15, -0.1) is 0 Å². The predicted molar refractivity (Wildman–Crippen MR) is 69.7 cm³/mol. The topological polar surface area (TPSA) is 64.0 Å². The van der Waals surface area contributed by atoms with E-state index in [0.717, 1.165) is 30.3 Å². The lowest BCUT2D eigenvalue weighted by molar-refractivity contribution is 0.0366. The first-order valence-corrected chi connectivity index (χ1v) is 6.24. The minimum Gasteiger partial charge on any atom is -0.368 e. The first-order valence-electron chi connectivity index (χ1n) is 6.24. The monoisotopic (exact) mass is 257 g/mol. The molecule has 1 atom stereocenters. The molecule has 1 aliphatic rings. The van der Waals surface area contributed by atoms with E-state index in [1.807, 2.05) is 19.1 Å². The van der Waals surface area contributed by atoms with Crippen molar-refractivity contribution < 1.29 is 4.74 Å². The lowest BCUT2D eigenvalue weighted by atomic mass is 10.2. The molecule has 0 radical (unpaired) electrons. The highest BCUT2D eigenvalue weighted by molar-refractivity contribution is 5.39. The highest BCUT2D eigenvalue weighted by Gasteiger charge is 2.23. The van der Waals surface area contributed by atoms with Crippen LogP contribution in [-0.4, -0.2) is 39.6 Å².